The molecule has 0 aliphatic carbocycles. The quantitative estimate of drug-likeness (QED) is 0.865. The molecule has 2 aromatic rings. The van der Waals surface area contributed by atoms with Crippen molar-refractivity contribution in [2.45, 2.75) is 20.3 Å². The van der Waals surface area contributed by atoms with E-state index >= 15 is 0 Å². The number of nitrogens with one attached hydrogen (secondary N) is 1. The van der Waals surface area contributed by atoms with Gasteiger partial charge in [0.2, 0.25) is 0 Å². The highest BCUT2D eigenvalue weighted by Gasteiger charge is 2.13. The first-order valence-corrected chi connectivity index (χ1v) is 6.34. The number of hydrogen-bond donors (Lipinski definition) is 1. The Morgan fingerprint density at radius 1 is 1.25 bits per heavy atom. The predicted molar refractivity (Wildman–Crippen MR) is 75.9 cm³/mol. The Morgan fingerprint density at radius 3 is 2.55 bits per heavy atom. The third kappa shape index (κ3) is 3.06. The van der Waals surface area contributed by atoms with E-state index in [4.69, 9.17) is 0 Å². The Balaban J connectivity index is 2.22. The maximum atomic E-state index is 12.3. The Bertz CT molecular complexity index is 636. The first kappa shape index (κ1) is 13.9. The molecule has 0 aliphatic heterocycles. The third-order valence-electron chi connectivity index (χ3n) is 2.88. The maximum Gasteiger partial charge on any atom is 0.257 e. The van der Waals surface area contributed by atoms with Crippen LogP contribution < -0.4 is 5.32 Å². The molecule has 5 nitrogen and oxygen atoms in total. The number of amides is 1. The Morgan fingerprint density at radius 2 is 1.95 bits per heavy atom. The number of nitrogens with zero attached hydrogens (tertiary/aromatic N) is 2. The molecule has 1 aromatic heterocycles. The number of benzene rings is 1. The number of aryl methyl sites for hydroxylation is 2. The van der Waals surface area contributed by atoms with Crippen LogP contribution in [0.15, 0.2) is 30.3 Å². The van der Waals surface area contributed by atoms with Crippen molar-refractivity contribution in [2.24, 2.45) is 0 Å². The highest BCUT2D eigenvalue weighted by Crippen LogP contribution is 2.13. The summed E-state index contributed by atoms with van der Waals surface area (Å²) in [5.74, 6) is -0.223. The van der Waals surface area contributed by atoms with Crippen LogP contribution in [-0.2, 0) is 6.42 Å². The number of rotatable bonds is 4. The largest absolute Gasteiger partial charge is 0.322 e. The predicted octanol–water partition coefficient (Wildman–Crippen LogP) is 2.41. The Hall–Kier alpha value is -2.56. The van der Waals surface area contributed by atoms with E-state index in [1.165, 1.54) is 0 Å². The third-order valence-corrected chi connectivity index (χ3v) is 2.88. The summed E-state index contributed by atoms with van der Waals surface area (Å²) >= 11 is 0. The maximum absolute atomic E-state index is 12.3. The summed E-state index contributed by atoms with van der Waals surface area (Å²) in [6.45, 7) is 3.72. The van der Waals surface area contributed by atoms with E-state index in [9.17, 15) is 9.59 Å². The van der Waals surface area contributed by atoms with Gasteiger partial charge in [0.1, 0.15) is 6.29 Å². The molecule has 102 valence electrons. The molecule has 1 amide bonds. The molecule has 0 radical (unpaired) electrons. The molecular weight excluding hydrogens is 254 g/mol. The molecule has 1 N–H and O–H groups in total. The molecule has 1 aromatic carbocycles. The number of hydrogen-bond acceptors (Lipinski definition) is 4. The van der Waals surface area contributed by atoms with E-state index in [2.05, 4.69) is 15.5 Å². The minimum absolute atomic E-state index is 0.223. The molecule has 1 heterocycles. The van der Waals surface area contributed by atoms with Crippen LogP contribution >= 0.6 is 0 Å². The van der Waals surface area contributed by atoms with E-state index in [-0.39, 0.29) is 5.91 Å². The molecule has 0 spiro atoms. The number of aromatic nitrogens is 2. The fourth-order valence-electron chi connectivity index (χ4n) is 1.82. The van der Waals surface area contributed by atoms with Crippen LogP contribution in [-0.4, -0.2) is 22.4 Å². The highest BCUT2D eigenvalue weighted by molar-refractivity contribution is 6.05. The van der Waals surface area contributed by atoms with Gasteiger partial charge < -0.3 is 5.32 Å². The normalized spacial score (nSPS) is 10.1. The van der Waals surface area contributed by atoms with Gasteiger partial charge in [0, 0.05) is 11.3 Å². The first-order valence-electron chi connectivity index (χ1n) is 6.34. The number of carbonyl (C=O) groups is 2. The monoisotopic (exact) mass is 269 g/mol. The van der Waals surface area contributed by atoms with Crippen LogP contribution in [0.4, 0.5) is 5.69 Å². The zero-order valence-electron chi connectivity index (χ0n) is 11.4. The van der Waals surface area contributed by atoms with Gasteiger partial charge in [0.05, 0.1) is 17.0 Å². The van der Waals surface area contributed by atoms with Crippen molar-refractivity contribution >= 4 is 17.9 Å². The molecular formula is C15H15N3O2. The Kier molecular flexibility index (Phi) is 4.20. The van der Waals surface area contributed by atoms with Crippen LogP contribution in [0.2, 0.25) is 0 Å². The number of aldehydes is 1. The second-order valence-electron chi connectivity index (χ2n) is 4.39. The van der Waals surface area contributed by atoms with Gasteiger partial charge in [0.25, 0.3) is 5.91 Å². The van der Waals surface area contributed by atoms with Crippen molar-refractivity contribution in [2.75, 3.05) is 5.32 Å². The molecule has 0 atom stereocenters. The van der Waals surface area contributed by atoms with Crippen molar-refractivity contribution in [1.29, 1.82) is 0 Å². The van der Waals surface area contributed by atoms with Gasteiger partial charge in [-0.05, 0) is 43.7 Å². The fourth-order valence-corrected chi connectivity index (χ4v) is 1.82. The summed E-state index contributed by atoms with van der Waals surface area (Å²) in [5.41, 5.74) is 3.09. The zero-order valence-corrected chi connectivity index (χ0v) is 11.4. The molecule has 0 unspecified atom stereocenters. The van der Waals surface area contributed by atoms with E-state index < -0.39 is 0 Å². The molecule has 20 heavy (non-hydrogen) atoms. The van der Waals surface area contributed by atoms with Gasteiger partial charge in [-0.3, -0.25) is 9.59 Å². The standard InChI is InChI=1S/C15H15N3O2/c1-3-14-13(8-10(2)17-18-14)15(20)16-12-6-4-11(9-19)5-7-12/h4-9H,3H2,1-2H3,(H,16,20). The van der Waals surface area contributed by atoms with Crippen LogP contribution in [0.1, 0.15) is 39.0 Å². The van der Waals surface area contributed by atoms with Gasteiger partial charge in [-0.25, -0.2) is 0 Å². The summed E-state index contributed by atoms with van der Waals surface area (Å²) in [6.07, 6.45) is 1.40. The molecule has 0 saturated carbocycles. The minimum Gasteiger partial charge on any atom is -0.322 e. The van der Waals surface area contributed by atoms with Crippen LogP contribution in [0, 0.1) is 6.92 Å². The lowest BCUT2D eigenvalue weighted by molar-refractivity contribution is 0.102. The van der Waals surface area contributed by atoms with E-state index in [1.807, 2.05) is 6.92 Å². The lowest BCUT2D eigenvalue weighted by Crippen LogP contribution is -2.16. The number of carbonyl (C=O) groups excluding carboxylic acids is 2. The molecule has 0 bridgehead atoms. The molecule has 2 rings (SSSR count). The molecule has 5 heteroatoms. The smallest absolute Gasteiger partial charge is 0.257 e. The van der Waals surface area contributed by atoms with Crippen LogP contribution in [0.25, 0.3) is 0 Å². The summed E-state index contributed by atoms with van der Waals surface area (Å²) in [6, 6.07) is 8.41. The van der Waals surface area contributed by atoms with Gasteiger partial charge in [-0.1, -0.05) is 6.92 Å². The van der Waals surface area contributed by atoms with Gasteiger partial charge in [-0.15, -0.1) is 0 Å². The van der Waals surface area contributed by atoms with Crippen LogP contribution in [0.5, 0.6) is 0 Å². The fraction of sp³-hybridized carbons (Fsp3) is 0.200. The second kappa shape index (κ2) is 6.06. The van der Waals surface area contributed by atoms with E-state index in [1.54, 1.807) is 37.3 Å². The lowest BCUT2D eigenvalue weighted by Gasteiger charge is -2.08. The van der Waals surface area contributed by atoms with Gasteiger partial charge in [0.15, 0.2) is 0 Å². The highest BCUT2D eigenvalue weighted by atomic mass is 16.1. The molecule has 0 aliphatic rings. The lowest BCUT2D eigenvalue weighted by atomic mass is 10.1. The summed E-state index contributed by atoms with van der Waals surface area (Å²) in [4.78, 5) is 22.8. The van der Waals surface area contributed by atoms with Gasteiger partial charge in [-0.2, -0.15) is 10.2 Å². The van der Waals surface area contributed by atoms with E-state index in [0.29, 0.717) is 34.6 Å². The summed E-state index contributed by atoms with van der Waals surface area (Å²) in [5, 5.41) is 10.8. The summed E-state index contributed by atoms with van der Waals surface area (Å²) < 4.78 is 0. The topological polar surface area (TPSA) is 72.0 Å². The zero-order chi connectivity index (χ0) is 14.5. The van der Waals surface area contributed by atoms with Crippen molar-refractivity contribution in [3.8, 4) is 0 Å². The van der Waals surface area contributed by atoms with E-state index in [0.717, 1.165) is 6.29 Å². The average Bonchev–Trinajstić information content (AvgIpc) is 2.48. The average molecular weight is 269 g/mol. The van der Waals surface area contributed by atoms with Crippen molar-refractivity contribution < 1.29 is 9.59 Å². The number of anilines is 1. The first-order chi connectivity index (χ1) is 9.63. The Labute approximate surface area is 117 Å². The van der Waals surface area contributed by atoms with Crippen molar-refractivity contribution in [3.05, 3.63) is 52.8 Å². The molecule has 0 saturated heterocycles. The molecule has 0 fully saturated rings. The van der Waals surface area contributed by atoms with Crippen molar-refractivity contribution in [3.63, 3.8) is 0 Å². The minimum atomic E-state index is -0.223. The second-order valence-corrected chi connectivity index (χ2v) is 4.39. The van der Waals surface area contributed by atoms with Crippen molar-refractivity contribution in [1.82, 2.24) is 10.2 Å². The van der Waals surface area contributed by atoms with Gasteiger partial charge >= 0.3 is 0 Å². The SMILES string of the molecule is CCc1nnc(C)cc1C(=O)Nc1ccc(C=O)cc1. The summed E-state index contributed by atoms with van der Waals surface area (Å²) in [7, 11) is 0. The van der Waals surface area contributed by atoms with Crippen LogP contribution in [0.3, 0.4) is 0 Å².